The van der Waals surface area contributed by atoms with Crippen molar-refractivity contribution in [2.75, 3.05) is 11.1 Å². The molecule has 1 aromatic carbocycles. The quantitative estimate of drug-likeness (QED) is 0.875. The number of thioether (sulfide) groups is 1. The van der Waals surface area contributed by atoms with Gasteiger partial charge in [-0.2, -0.15) is 0 Å². The van der Waals surface area contributed by atoms with Crippen molar-refractivity contribution in [3.05, 3.63) is 58.9 Å². The molecule has 3 rings (SSSR count). The van der Waals surface area contributed by atoms with Crippen molar-refractivity contribution in [3.63, 3.8) is 0 Å². The first-order valence-electron chi connectivity index (χ1n) is 7.48. The zero-order valence-corrected chi connectivity index (χ0v) is 14.7. The van der Waals surface area contributed by atoms with Crippen LogP contribution in [-0.4, -0.2) is 21.8 Å². The average molecular weight is 361 g/mol. The molecule has 1 aromatic heterocycles. The zero-order chi connectivity index (χ0) is 17.2. The largest absolute Gasteiger partial charge is 0.379 e. The van der Waals surface area contributed by atoms with E-state index in [1.807, 2.05) is 24.3 Å². The van der Waals surface area contributed by atoms with Crippen molar-refractivity contribution >= 4 is 40.1 Å². The van der Waals surface area contributed by atoms with E-state index in [1.165, 1.54) is 6.20 Å². The number of aliphatic imine (C=N–C) groups is 1. The highest BCUT2D eigenvalue weighted by Gasteiger charge is 2.29. The lowest BCUT2D eigenvalue weighted by Gasteiger charge is -2.29. The van der Waals surface area contributed by atoms with Gasteiger partial charge in [-0.3, -0.25) is 9.79 Å². The van der Waals surface area contributed by atoms with Crippen molar-refractivity contribution in [2.24, 2.45) is 10.7 Å². The molecule has 2 aromatic rings. The molecule has 124 valence electrons. The lowest BCUT2D eigenvalue weighted by atomic mass is 9.90. The highest BCUT2D eigenvalue weighted by Crippen LogP contribution is 2.35. The van der Waals surface area contributed by atoms with Gasteiger partial charge in [0.2, 0.25) is 0 Å². The highest BCUT2D eigenvalue weighted by atomic mass is 35.5. The second kappa shape index (κ2) is 6.83. The number of nitrogens with one attached hydrogen (secondary N) is 1. The van der Waals surface area contributed by atoms with Crippen molar-refractivity contribution < 1.29 is 4.79 Å². The molecule has 7 heteroatoms. The molecule has 5 nitrogen and oxygen atoms in total. The van der Waals surface area contributed by atoms with E-state index in [-0.39, 0.29) is 11.4 Å². The number of pyridine rings is 1. The van der Waals surface area contributed by atoms with Crippen molar-refractivity contribution in [2.45, 2.75) is 18.9 Å². The Balaban J connectivity index is 1.74. The van der Waals surface area contributed by atoms with Crippen LogP contribution in [0.3, 0.4) is 0 Å². The third-order valence-corrected chi connectivity index (χ3v) is 4.94. The number of nitrogens with two attached hydrogens (primary N) is 1. The number of carbonyl (C=O) groups excluding carboxylic acids is 1. The van der Waals surface area contributed by atoms with Crippen molar-refractivity contribution in [3.8, 4) is 0 Å². The maximum absolute atomic E-state index is 12.2. The van der Waals surface area contributed by atoms with Crippen molar-refractivity contribution in [1.82, 2.24) is 4.98 Å². The number of anilines is 1. The summed E-state index contributed by atoms with van der Waals surface area (Å²) in [5.74, 6) is 0.675. The third kappa shape index (κ3) is 3.71. The fourth-order valence-corrected chi connectivity index (χ4v) is 3.60. The van der Waals surface area contributed by atoms with Gasteiger partial charge >= 0.3 is 0 Å². The number of nitrogens with zero attached hydrogens (tertiary/aromatic N) is 2. The number of hydrogen-bond acceptors (Lipinski definition) is 5. The number of rotatable bonds is 3. The molecule has 2 heterocycles. The molecular formula is C17H17ClN4OS. The molecule has 1 aliphatic rings. The summed E-state index contributed by atoms with van der Waals surface area (Å²) in [6, 6.07) is 10.9. The predicted octanol–water partition coefficient (Wildman–Crippen LogP) is 3.65. The standard InChI is InChI=1S/C17H17ClN4OS/c1-17(8-9-24-16(19)22-17)11-2-5-13(6-3-11)21-15(23)14-7-4-12(18)10-20-14/h2-7,10H,8-9H2,1H3,(H2,19,22)(H,21,23). The fourth-order valence-electron chi connectivity index (χ4n) is 2.51. The Morgan fingerprint density at radius 2 is 2.04 bits per heavy atom. The van der Waals surface area contributed by atoms with Crippen LogP contribution in [-0.2, 0) is 5.54 Å². The molecule has 1 amide bonds. The Hall–Kier alpha value is -2.05. The Morgan fingerprint density at radius 1 is 1.29 bits per heavy atom. The summed E-state index contributed by atoms with van der Waals surface area (Å²) in [6.45, 7) is 2.07. The molecule has 0 spiro atoms. The number of hydrogen-bond donors (Lipinski definition) is 2. The number of halogens is 1. The van der Waals surface area contributed by atoms with Gasteiger partial charge in [0.1, 0.15) is 5.69 Å². The average Bonchev–Trinajstić information content (AvgIpc) is 2.56. The van der Waals surface area contributed by atoms with Gasteiger partial charge in [0.25, 0.3) is 5.91 Å². The van der Waals surface area contributed by atoms with E-state index in [9.17, 15) is 4.79 Å². The van der Waals surface area contributed by atoms with Gasteiger partial charge in [0, 0.05) is 17.6 Å². The van der Waals surface area contributed by atoms with E-state index in [1.54, 1.807) is 23.9 Å². The normalized spacial score (nSPS) is 20.3. The number of amides is 1. The molecule has 0 saturated heterocycles. The SMILES string of the molecule is CC1(c2ccc(NC(=O)c3ccc(Cl)cn3)cc2)CCSC(N)=N1. The van der Waals surface area contributed by atoms with Crippen LogP contribution in [0.4, 0.5) is 5.69 Å². The zero-order valence-electron chi connectivity index (χ0n) is 13.1. The summed E-state index contributed by atoms with van der Waals surface area (Å²) in [5, 5.41) is 3.94. The predicted molar refractivity (Wildman–Crippen MR) is 99.7 cm³/mol. The number of amidine groups is 1. The Labute approximate surface area is 149 Å². The molecule has 1 atom stereocenters. The Morgan fingerprint density at radius 3 is 2.67 bits per heavy atom. The Kier molecular flexibility index (Phi) is 4.78. The highest BCUT2D eigenvalue weighted by molar-refractivity contribution is 8.13. The summed E-state index contributed by atoms with van der Waals surface area (Å²) in [7, 11) is 0. The van der Waals surface area contributed by atoms with Crippen molar-refractivity contribution in [1.29, 1.82) is 0 Å². The summed E-state index contributed by atoms with van der Waals surface area (Å²) < 4.78 is 0. The van der Waals surface area contributed by atoms with Crippen LogP contribution >= 0.6 is 23.4 Å². The lowest BCUT2D eigenvalue weighted by molar-refractivity contribution is 0.102. The lowest BCUT2D eigenvalue weighted by Crippen LogP contribution is -2.28. The summed E-state index contributed by atoms with van der Waals surface area (Å²) in [5.41, 5.74) is 7.64. The Bertz CT molecular complexity index is 776. The summed E-state index contributed by atoms with van der Waals surface area (Å²) in [6.07, 6.45) is 2.38. The number of aromatic nitrogens is 1. The molecule has 0 fully saturated rings. The fraction of sp³-hybridized carbons (Fsp3) is 0.235. The minimum Gasteiger partial charge on any atom is -0.379 e. The number of carbonyl (C=O) groups is 1. The third-order valence-electron chi connectivity index (χ3n) is 3.92. The minimum absolute atomic E-state index is 0.276. The van der Waals surface area contributed by atoms with E-state index < -0.39 is 0 Å². The summed E-state index contributed by atoms with van der Waals surface area (Å²) >= 11 is 7.36. The molecule has 1 aliphatic heterocycles. The summed E-state index contributed by atoms with van der Waals surface area (Å²) in [4.78, 5) is 20.7. The van der Waals surface area contributed by atoms with Gasteiger partial charge in [-0.15, -0.1) is 0 Å². The molecule has 0 saturated carbocycles. The van der Waals surface area contributed by atoms with E-state index in [0.717, 1.165) is 17.7 Å². The first-order chi connectivity index (χ1) is 11.5. The van der Waals surface area contributed by atoms with Crippen LogP contribution in [0.1, 0.15) is 29.4 Å². The molecule has 24 heavy (non-hydrogen) atoms. The van der Waals surface area contributed by atoms with Crippen LogP contribution in [0.5, 0.6) is 0 Å². The van der Waals surface area contributed by atoms with E-state index in [0.29, 0.717) is 21.6 Å². The van der Waals surface area contributed by atoms with E-state index in [2.05, 4.69) is 22.2 Å². The topological polar surface area (TPSA) is 80.4 Å². The molecule has 0 aliphatic carbocycles. The molecular weight excluding hydrogens is 344 g/mol. The van der Waals surface area contributed by atoms with Crippen LogP contribution in [0.15, 0.2) is 47.6 Å². The smallest absolute Gasteiger partial charge is 0.274 e. The monoisotopic (exact) mass is 360 g/mol. The van der Waals surface area contributed by atoms with Crippen LogP contribution in [0.2, 0.25) is 5.02 Å². The van der Waals surface area contributed by atoms with Gasteiger partial charge in [0.05, 0.1) is 10.6 Å². The van der Waals surface area contributed by atoms with Crippen LogP contribution < -0.4 is 11.1 Å². The van der Waals surface area contributed by atoms with Crippen LogP contribution in [0.25, 0.3) is 0 Å². The van der Waals surface area contributed by atoms with Crippen LogP contribution in [0, 0.1) is 0 Å². The molecule has 0 radical (unpaired) electrons. The maximum Gasteiger partial charge on any atom is 0.274 e. The second-order valence-electron chi connectivity index (χ2n) is 5.72. The molecule has 3 N–H and O–H groups in total. The second-order valence-corrected chi connectivity index (χ2v) is 7.27. The van der Waals surface area contributed by atoms with Gasteiger partial charge in [-0.05, 0) is 43.2 Å². The molecule has 1 unspecified atom stereocenters. The van der Waals surface area contributed by atoms with Gasteiger partial charge in [-0.25, -0.2) is 4.98 Å². The minimum atomic E-state index is -0.310. The first-order valence-corrected chi connectivity index (χ1v) is 8.84. The first kappa shape index (κ1) is 16.8. The van der Waals surface area contributed by atoms with E-state index in [4.69, 9.17) is 17.3 Å². The number of benzene rings is 1. The molecule has 0 bridgehead atoms. The van der Waals surface area contributed by atoms with E-state index >= 15 is 0 Å². The maximum atomic E-state index is 12.2. The van der Waals surface area contributed by atoms with Gasteiger partial charge in [0.15, 0.2) is 5.17 Å². The van der Waals surface area contributed by atoms with Gasteiger partial charge in [-0.1, -0.05) is 35.5 Å². The van der Waals surface area contributed by atoms with Gasteiger partial charge < -0.3 is 11.1 Å².